The van der Waals surface area contributed by atoms with E-state index in [2.05, 4.69) is 4.98 Å². The summed E-state index contributed by atoms with van der Waals surface area (Å²) in [6.07, 6.45) is 1.84. The van der Waals surface area contributed by atoms with Crippen LogP contribution in [0.15, 0.2) is 80.6 Å². The average molecular weight is 933 g/mol. The summed E-state index contributed by atoms with van der Waals surface area (Å²) in [6.45, 7) is 5.65. The van der Waals surface area contributed by atoms with E-state index in [1.165, 1.54) is 55.1 Å². The summed E-state index contributed by atoms with van der Waals surface area (Å²) >= 11 is 7.89. The van der Waals surface area contributed by atoms with Crippen molar-refractivity contribution >= 4 is 61.7 Å². The van der Waals surface area contributed by atoms with E-state index in [0.717, 1.165) is 25.1 Å². The fourth-order valence-corrected chi connectivity index (χ4v) is 11.7. The highest BCUT2D eigenvalue weighted by Gasteiger charge is 2.66. The third-order valence-electron chi connectivity index (χ3n) is 13.7. The van der Waals surface area contributed by atoms with Crippen molar-refractivity contribution in [3.63, 3.8) is 0 Å². The third-order valence-corrected chi connectivity index (χ3v) is 15.2. The molecule has 0 unspecified atom stereocenters. The fraction of sp³-hybridized carbons (Fsp3) is 0.340. The van der Waals surface area contributed by atoms with Crippen molar-refractivity contribution in [1.29, 1.82) is 0 Å². The summed E-state index contributed by atoms with van der Waals surface area (Å²) in [5.74, 6) is -1.44. The molecule has 340 valence electrons. The van der Waals surface area contributed by atoms with Gasteiger partial charge in [-0.15, -0.1) is 11.3 Å². The van der Waals surface area contributed by atoms with Gasteiger partial charge in [-0.2, -0.15) is 5.10 Å². The van der Waals surface area contributed by atoms with Gasteiger partial charge in [0.15, 0.2) is 23.0 Å². The van der Waals surface area contributed by atoms with Crippen LogP contribution in [0.25, 0.3) is 31.7 Å². The minimum absolute atomic E-state index is 0.00512. The molecule has 66 heavy (non-hydrogen) atoms. The van der Waals surface area contributed by atoms with E-state index >= 15 is 9.59 Å². The molecule has 0 spiro atoms. The smallest absolute Gasteiger partial charge is 0.347 e. The van der Waals surface area contributed by atoms with Gasteiger partial charge in [0.25, 0.3) is 5.56 Å². The van der Waals surface area contributed by atoms with E-state index in [4.69, 9.17) is 30.9 Å². The first-order valence-electron chi connectivity index (χ1n) is 21.4. The number of nitrogens with zero attached hydrogens (tertiary/aromatic N) is 8. The fourth-order valence-electron chi connectivity index (χ4n) is 10.4. The number of carbonyl (C=O) groups is 2. The van der Waals surface area contributed by atoms with Gasteiger partial charge in [0.2, 0.25) is 11.8 Å². The lowest BCUT2D eigenvalue weighted by molar-refractivity contribution is -0.129. The first kappa shape index (κ1) is 43.0. The molecular weight excluding hydrogens is 888 g/mol. The van der Waals surface area contributed by atoms with Crippen LogP contribution in [-0.4, -0.2) is 71.0 Å². The van der Waals surface area contributed by atoms with Crippen molar-refractivity contribution in [2.75, 3.05) is 25.7 Å². The predicted octanol–water partition coefficient (Wildman–Crippen LogP) is 5.86. The van der Waals surface area contributed by atoms with E-state index in [1.54, 1.807) is 58.3 Å². The molecule has 3 aliphatic rings. The molecule has 10 rings (SSSR count). The van der Waals surface area contributed by atoms with Crippen molar-refractivity contribution in [2.45, 2.75) is 58.7 Å². The predicted molar refractivity (Wildman–Crippen MR) is 248 cm³/mol. The lowest BCUT2D eigenvalue weighted by Crippen LogP contribution is -2.49. The number of allylic oxidation sites excluding steroid dienone is 2. The number of imide groups is 1. The van der Waals surface area contributed by atoms with Crippen molar-refractivity contribution in [1.82, 2.24) is 33.3 Å². The number of phenolic OH excluding ortho intramolecular Hbond substituents is 1. The van der Waals surface area contributed by atoms with Crippen LogP contribution in [0.3, 0.4) is 0 Å². The average Bonchev–Trinajstić information content (AvgIpc) is 3.97. The number of aryl methyl sites for hydroxylation is 4. The van der Waals surface area contributed by atoms with Gasteiger partial charge < -0.3 is 23.9 Å². The number of hydrogen-bond donors (Lipinski definition) is 1. The number of amides is 2. The first-order chi connectivity index (χ1) is 31.6. The van der Waals surface area contributed by atoms with Crippen LogP contribution < -0.4 is 36.0 Å². The SMILES string of the molecule is CCOc1cc([C@H]2C3=CCn4c(=O)n(CCc5nc6cc(OC)c(OC)cc6n(C)c5=O)c(=O)n4[C@@H]3C[C@H]3C(=O)N(c4cc(-c5sc6ccc(Cl)cc6c5C)nn4C)C(=O)[C@@]23C)ccc1O. The molecule has 7 aromatic rings. The van der Waals surface area contributed by atoms with Crippen molar-refractivity contribution in [3.05, 3.63) is 119 Å². The first-order valence-corrected chi connectivity index (χ1v) is 22.6. The number of thiophene rings is 1. The molecule has 6 heterocycles. The van der Waals surface area contributed by atoms with Crippen LogP contribution in [0.4, 0.5) is 5.82 Å². The molecule has 4 aromatic heterocycles. The summed E-state index contributed by atoms with van der Waals surface area (Å²) in [6, 6.07) is 14.8. The quantitative estimate of drug-likeness (QED) is 0.128. The number of anilines is 1. The van der Waals surface area contributed by atoms with Crippen molar-refractivity contribution < 1.29 is 28.9 Å². The van der Waals surface area contributed by atoms with Gasteiger partial charge >= 0.3 is 11.4 Å². The van der Waals surface area contributed by atoms with Crippen molar-refractivity contribution in [2.24, 2.45) is 25.4 Å². The van der Waals surface area contributed by atoms with Gasteiger partial charge in [0.05, 0.1) is 60.7 Å². The topological polar surface area (TPSA) is 187 Å². The molecule has 1 N–H and O–H groups in total. The molecule has 19 heteroatoms. The van der Waals surface area contributed by atoms with Gasteiger partial charge in [-0.3, -0.25) is 19.1 Å². The Morgan fingerprint density at radius 1 is 0.955 bits per heavy atom. The second kappa shape index (κ2) is 15.6. The Balaban J connectivity index is 1.05. The summed E-state index contributed by atoms with van der Waals surface area (Å²) in [7, 11) is 6.29. The number of rotatable bonds is 10. The van der Waals surface area contributed by atoms with Crippen LogP contribution in [0, 0.1) is 18.3 Å². The number of methoxy groups -OCH3 is 2. The number of aromatic hydroxyl groups is 1. The maximum absolute atomic E-state index is 15.3. The highest BCUT2D eigenvalue weighted by Crippen LogP contribution is 2.61. The number of fused-ring (bicyclic) bond motifs is 6. The molecule has 2 amide bonds. The highest BCUT2D eigenvalue weighted by molar-refractivity contribution is 7.22. The van der Waals surface area contributed by atoms with E-state index < -0.39 is 52.0 Å². The summed E-state index contributed by atoms with van der Waals surface area (Å²) in [5.41, 5.74) is 0.913. The largest absolute Gasteiger partial charge is 0.504 e. The third kappa shape index (κ3) is 6.21. The molecule has 0 bridgehead atoms. The second-order valence-corrected chi connectivity index (χ2v) is 18.6. The molecule has 3 aromatic carbocycles. The zero-order valence-corrected chi connectivity index (χ0v) is 38.7. The molecule has 4 atom stereocenters. The molecule has 1 aliphatic carbocycles. The standard InChI is InChI=1S/C47H45ClN8O9S/c1-8-65-35-17-24(9-11-34(35)57)40-26-13-16-54-45(61)53(15-14-29-43(59)51(4)33-22-37(64-7)36(63-6)20-30(33)49-29)46(62)56(54)32(26)19-28-42(58)55(44(60)47(28,40)3)39-21-31(50-52(39)5)41-23(2)27-18-25(48)10-12-38(27)66-41/h9-13,17-18,20-22,28,32,40,57H,8,14-16,19H2,1-7H3/t28-,32+,40-,47+/m0/s1. The molecule has 1 saturated heterocycles. The highest BCUT2D eigenvalue weighted by atomic mass is 35.5. The van der Waals surface area contributed by atoms with Gasteiger partial charge in [0.1, 0.15) is 17.2 Å². The zero-order chi connectivity index (χ0) is 46.7. The number of hydrogen-bond acceptors (Lipinski definition) is 12. The van der Waals surface area contributed by atoms with Gasteiger partial charge in [-0.1, -0.05) is 23.7 Å². The maximum atomic E-state index is 15.3. The molecule has 2 aliphatic heterocycles. The Labute approximate surface area is 385 Å². The van der Waals surface area contributed by atoms with Gasteiger partial charge in [-0.25, -0.2) is 33.4 Å². The molecule has 17 nitrogen and oxygen atoms in total. The minimum Gasteiger partial charge on any atom is -0.504 e. The number of halogens is 1. The molecule has 0 radical (unpaired) electrons. The number of ether oxygens (including phenoxy) is 3. The number of phenols is 1. The van der Waals surface area contributed by atoms with Crippen LogP contribution in [0.2, 0.25) is 5.02 Å². The lowest BCUT2D eigenvalue weighted by Gasteiger charge is -2.47. The van der Waals surface area contributed by atoms with E-state index in [-0.39, 0.29) is 55.5 Å². The van der Waals surface area contributed by atoms with Gasteiger partial charge in [-0.05, 0) is 79.6 Å². The van der Waals surface area contributed by atoms with Crippen LogP contribution >= 0.6 is 22.9 Å². The second-order valence-electron chi connectivity index (χ2n) is 17.1. The Morgan fingerprint density at radius 3 is 2.45 bits per heavy atom. The Kier molecular flexibility index (Phi) is 10.2. The minimum atomic E-state index is -1.39. The lowest BCUT2D eigenvalue weighted by atomic mass is 9.56. The number of aromatic nitrogens is 7. The monoisotopic (exact) mass is 932 g/mol. The van der Waals surface area contributed by atoms with Crippen LogP contribution in [0.5, 0.6) is 23.0 Å². The summed E-state index contributed by atoms with van der Waals surface area (Å²) in [5, 5.41) is 17.2. The number of carbonyl (C=O) groups excluding carboxylic acids is 2. The van der Waals surface area contributed by atoms with Gasteiger partial charge in [0, 0.05) is 60.9 Å². The van der Waals surface area contributed by atoms with E-state index in [9.17, 15) is 19.5 Å². The normalized spacial score (nSPS) is 20.2. The number of benzene rings is 3. The maximum Gasteiger partial charge on any atom is 0.347 e. The van der Waals surface area contributed by atoms with Crippen LogP contribution in [-0.2, 0) is 43.2 Å². The van der Waals surface area contributed by atoms with Crippen LogP contribution in [0.1, 0.15) is 49.0 Å². The molecule has 1 saturated carbocycles. The Morgan fingerprint density at radius 2 is 1.71 bits per heavy atom. The van der Waals surface area contributed by atoms with E-state index in [0.29, 0.717) is 44.4 Å². The van der Waals surface area contributed by atoms with Crippen molar-refractivity contribution in [3.8, 4) is 33.6 Å². The zero-order valence-electron chi connectivity index (χ0n) is 37.1. The Bertz CT molecular complexity index is 3450. The molecule has 2 fully saturated rings. The Hall–Kier alpha value is -6.92. The molecular formula is C47H45ClN8O9S. The van der Waals surface area contributed by atoms with E-state index in [1.807, 2.05) is 31.2 Å². The summed E-state index contributed by atoms with van der Waals surface area (Å²) in [4.78, 5) is 79.6. The summed E-state index contributed by atoms with van der Waals surface area (Å²) < 4.78 is 24.5.